The van der Waals surface area contributed by atoms with Gasteiger partial charge in [-0.3, -0.25) is 19.2 Å². The first kappa shape index (κ1) is 47.1. The van der Waals surface area contributed by atoms with E-state index in [-0.39, 0.29) is 38.3 Å². The van der Waals surface area contributed by atoms with Crippen molar-refractivity contribution < 1.29 is 62.6 Å². The molecule has 50 heavy (non-hydrogen) atoms. The van der Waals surface area contributed by atoms with Crippen LogP contribution in [0.25, 0.3) is 0 Å². The number of unbranched alkanes of at least 4 members (excludes halogenated alkanes) is 6. The lowest BCUT2D eigenvalue weighted by Crippen LogP contribution is -2.32. The molecule has 0 aromatic carbocycles. The van der Waals surface area contributed by atoms with Crippen LogP contribution in [0.15, 0.2) is 0 Å². The normalized spacial score (nSPS) is 13.4. The molecule has 0 saturated carbocycles. The van der Waals surface area contributed by atoms with Crippen molar-refractivity contribution in [3.63, 3.8) is 0 Å². The van der Waals surface area contributed by atoms with Gasteiger partial charge in [0.1, 0.15) is 12.2 Å². The van der Waals surface area contributed by atoms with Gasteiger partial charge in [-0.2, -0.15) is 0 Å². The number of aliphatic hydroxyl groups is 2. The Labute approximate surface area is 299 Å². The SMILES string of the molecule is CCCCCC(OC(=O)CCCC(=O)OCCC)C(O)CCCCC(=O)OCOC(=O)CCCCC(O)C(CCCCC)OC(=O)OCCC. The van der Waals surface area contributed by atoms with E-state index in [2.05, 4.69) is 13.8 Å². The second kappa shape index (κ2) is 32.0. The van der Waals surface area contributed by atoms with Gasteiger partial charge in [-0.1, -0.05) is 66.2 Å². The van der Waals surface area contributed by atoms with Gasteiger partial charge in [0.15, 0.2) is 0 Å². The Morgan fingerprint density at radius 2 is 0.860 bits per heavy atom. The number of rotatable bonds is 32. The smallest absolute Gasteiger partial charge is 0.466 e. The third kappa shape index (κ3) is 26.9. The van der Waals surface area contributed by atoms with Gasteiger partial charge in [0.2, 0.25) is 6.79 Å². The van der Waals surface area contributed by atoms with Crippen molar-refractivity contribution in [3.05, 3.63) is 0 Å². The quantitative estimate of drug-likeness (QED) is 0.0314. The Kier molecular flexibility index (Phi) is 30.1. The first-order valence-electron chi connectivity index (χ1n) is 18.9. The molecule has 292 valence electrons. The number of carbonyl (C=O) groups is 5. The number of esters is 4. The Morgan fingerprint density at radius 3 is 1.36 bits per heavy atom. The van der Waals surface area contributed by atoms with E-state index in [0.29, 0.717) is 70.8 Å². The van der Waals surface area contributed by atoms with Gasteiger partial charge in [-0.15, -0.1) is 0 Å². The molecule has 0 aliphatic carbocycles. The maximum atomic E-state index is 12.4. The van der Waals surface area contributed by atoms with Crippen molar-refractivity contribution in [2.75, 3.05) is 20.0 Å². The zero-order valence-corrected chi connectivity index (χ0v) is 31.2. The van der Waals surface area contributed by atoms with E-state index in [9.17, 15) is 34.2 Å². The maximum absolute atomic E-state index is 12.4. The molecule has 0 aromatic heterocycles. The Bertz CT molecular complexity index is 910. The number of hydrogen-bond donors (Lipinski definition) is 2. The summed E-state index contributed by atoms with van der Waals surface area (Å²) in [5.74, 6) is -1.88. The van der Waals surface area contributed by atoms with Gasteiger partial charge in [0.25, 0.3) is 0 Å². The second-order valence-corrected chi connectivity index (χ2v) is 12.6. The summed E-state index contributed by atoms with van der Waals surface area (Å²) in [4.78, 5) is 60.1. The van der Waals surface area contributed by atoms with Crippen LogP contribution in [-0.2, 0) is 47.6 Å². The van der Waals surface area contributed by atoms with Gasteiger partial charge in [-0.25, -0.2) is 4.79 Å². The predicted octanol–water partition coefficient (Wildman–Crippen LogP) is 7.00. The third-order valence-electron chi connectivity index (χ3n) is 7.93. The standard InChI is InChI=1S/C37H66O13/c1-5-9-11-20-31(49-36(43)25-17-24-33(40)45-26-7-3)29(38)18-13-15-22-34(41)47-28-48-35(42)23-16-14-19-30(39)32(21-12-10-6-2)50-37(44)46-27-8-4/h29-32,38-39H,5-28H2,1-4H3. The van der Waals surface area contributed by atoms with E-state index >= 15 is 0 Å². The molecule has 0 rings (SSSR count). The lowest BCUT2D eigenvalue weighted by molar-refractivity contribution is -0.167. The Hall–Kier alpha value is -2.93. The van der Waals surface area contributed by atoms with Gasteiger partial charge in [0, 0.05) is 25.7 Å². The lowest BCUT2D eigenvalue weighted by Gasteiger charge is -2.23. The second-order valence-electron chi connectivity index (χ2n) is 12.6. The summed E-state index contributed by atoms with van der Waals surface area (Å²) in [6.45, 7) is 8.01. The van der Waals surface area contributed by atoms with Crippen LogP contribution in [0, 0.1) is 0 Å². The summed E-state index contributed by atoms with van der Waals surface area (Å²) in [6, 6.07) is 0. The molecule has 0 aromatic rings. The number of aliphatic hydroxyl groups excluding tert-OH is 2. The minimum absolute atomic E-state index is 0.0609. The van der Waals surface area contributed by atoms with Crippen LogP contribution in [0.5, 0.6) is 0 Å². The highest BCUT2D eigenvalue weighted by Crippen LogP contribution is 2.19. The van der Waals surface area contributed by atoms with Gasteiger partial charge in [0.05, 0.1) is 25.4 Å². The zero-order valence-electron chi connectivity index (χ0n) is 31.2. The number of ether oxygens (including phenoxy) is 6. The van der Waals surface area contributed by atoms with Gasteiger partial charge >= 0.3 is 30.0 Å². The van der Waals surface area contributed by atoms with Crippen molar-refractivity contribution in [3.8, 4) is 0 Å². The molecule has 0 aliphatic heterocycles. The van der Waals surface area contributed by atoms with Crippen molar-refractivity contribution in [1.82, 2.24) is 0 Å². The highest BCUT2D eigenvalue weighted by Gasteiger charge is 2.25. The first-order chi connectivity index (χ1) is 24.1. The van der Waals surface area contributed by atoms with Crippen LogP contribution in [0.1, 0.15) is 163 Å². The fourth-order valence-electron chi connectivity index (χ4n) is 5.01. The van der Waals surface area contributed by atoms with Crippen molar-refractivity contribution >= 4 is 30.0 Å². The van der Waals surface area contributed by atoms with Crippen LogP contribution >= 0.6 is 0 Å². The minimum Gasteiger partial charge on any atom is -0.466 e. The molecule has 0 amide bonds. The van der Waals surface area contributed by atoms with E-state index in [4.69, 9.17) is 28.4 Å². The van der Waals surface area contributed by atoms with Crippen LogP contribution in [0.3, 0.4) is 0 Å². The summed E-state index contributed by atoms with van der Waals surface area (Å²) in [6.07, 6.45) is 7.27. The summed E-state index contributed by atoms with van der Waals surface area (Å²) in [5, 5.41) is 21.3. The molecule has 0 heterocycles. The Balaban J connectivity index is 4.33. The van der Waals surface area contributed by atoms with Gasteiger partial charge in [-0.05, 0) is 70.6 Å². The summed E-state index contributed by atoms with van der Waals surface area (Å²) in [5.41, 5.74) is 0. The third-order valence-corrected chi connectivity index (χ3v) is 7.93. The van der Waals surface area contributed by atoms with E-state index in [0.717, 1.165) is 44.9 Å². The lowest BCUT2D eigenvalue weighted by atomic mass is 10.0. The molecular formula is C37H66O13. The molecule has 0 aliphatic rings. The van der Waals surface area contributed by atoms with Gasteiger partial charge < -0.3 is 38.6 Å². The molecule has 13 heteroatoms. The monoisotopic (exact) mass is 718 g/mol. The van der Waals surface area contributed by atoms with E-state index < -0.39 is 55.3 Å². The van der Waals surface area contributed by atoms with Crippen molar-refractivity contribution in [2.24, 2.45) is 0 Å². The first-order valence-corrected chi connectivity index (χ1v) is 18.9. The van der Waals surface area contributed by atoms with E-state index in [1.807, 2.05) is 13.8 Å². The minimum atomic E-state index is -0.884. The van der Waals surface area contributed by atoms with Crippen LogP contribution in [0.4, 0.5) is 4.79 Å². The molecule has 0 saturated heterocycles. The zero-order chi connectivity index (χ0) is 37.4. The van der Waals surface area contributed by atoms with Crippen molar-refractivity contribution in [2.45, 2.75) is 187 Å². The maximum Gasteiger partial charge on any atom is 0.508 e. The largest absolute Gasteiger partial charge is 0.508 e. The average Bonchev–Trinajstić information content (AvgIpc) is 3.09. The van der Waals surface area contributed by atoms with Crippen LogP contribution in [-0.4, -0.2) is 84.7 Å². The predicted molar refractivity (Wildman–Crippen MR) is 186 cm³/mol. The van der Waals surface area contributed by atoms with E-state index in [1.165, 1.54) is 0 Å². The number of carbonyl (C=O) groups excluding carboxylic acids is 5. The summed E-state index contributed by atoms with van der Waals surface area (Å²) < 4.78 is 30.9. The molecule has 0 fully saturated rings. The number of hydrogen-bond acceptors (Lipinski definition) is 13. The highest BCUT2D eigenvalue weighted by atomic mass is 16.7. The summed E-state index contributed by atoms with van der Waals surface area (Å²) in [7, 11) is 0. The molecule has 2 N–H and O–H groups in total. The van der Waals surface area contributed by atoms with Crippen LogP contribution in [0.2, 0.25) is 0 Å². The molecule has 4 unspecified atom stereocenters. The summed E-state index contributed by atoms with van der Waals surface area (Å²) >= 11 is 0. The molecule has 13 nitrogen and oxygen atoms in total. The fourth-order valence-corrected chi connectivity index (χ4v) is 5.01. The average molecular weight is 719 g/mol. The fraction of sp³-hybridized carbons (Fsp3) is 0.865. The molecule has 0 spiro atoms. The topological polar surface area (TPSA) is 181 Å². The molecule has 0 bridgehead atoms. The van der Waals surface area contributed by atoms with Crippen LogP contribution < -0.4 is 0 Å². The molecule has 4 atom stereocenters. The van der Waals surface area contributed by atoms with E-state index in [1.54, 1.807) is 0 Å². The highest BCUT2D eigenvalue weighted by molar-refractivity contribution is 5.72. The Morgan fingerprint density at radius 1 is 0.440 bits per heavy atom. The molecular weight excluding hydrogens is 652 g/mol. The molecule has 0 radical (unpaired) electrons. The van der Waals surface area contributed by atoms with Crippen molar-refractivity contribution in [1.29, 1.82) is 0 Å².